The van der Waals surface area contributed by atoms with Crippen molar-refractivity contribution in [3.8, 4) is 6.07 Å². The molecule has 100 valence electrons. The van der Waals surface area contributed by atoms with Gasteiger partial charge in [0.15, 0.2) is 0 Å². The van der Waals surface area contributed by atoms with Gasteiger partial charge in [-0.2, -0.15) is 5.26 Å². The summed E-state index contributed by atoms with van der Waals surface area (Å²) in [5.74, 6) is 0.0248. The van der Waals surface area contributed by atoms with Crippen molar-refractivity contribution in [2.24, 2.45) is 5.92 Å². The van der Waals surface area contributed by atoms with Crippen LogP contribution in [0.1, 0.15) is 25.7 Å². The maximum absolute atomic E-state index is 12.1. The summed E-state index contributed by atoms with van der Waals surface area (Å²) in [6, 6.07) is 5.87. The standard InChI is InChI=1S/C14H18N4O/c1-16-14(10-15)6-2-11(3-7-14)13(19)18-12-4-8-17-9-5-12/h4-5,8-9,11,16H,2-3,6-7H2,1H3,(H,17,18,19). The summed E-state index contributed by atoms with van der Waals surface area (Å²) >= 11 is 0. The Balaban J connectivity index is 1.92. The number of hydrogen-bond acceptors (Lipinski definition) is 4. The quantitative estimate of drug-likeness (QED) is 0.865. The SMILES string of the molecule is CNC1(C#N)CCC(C(=O)Nc2ccncc2)CC1. The molecule has 2 N–H and O–H groups in total. The van der Waals surface area contributed by atoms with Crippen molar-refractivity contribution in [1.29, 1.82) is 5.26 Å². The van der Waals surface area contributed by atoms with Crippen molar-refractivity contribution in [2.45, 2.75) is 31.2 Å². The van der Waals surface area contributed by atoms with Crippen LogP contribution in [-0.4, -0.2) is 23.5 Å². The Hall–Kier alpha value is -1.93. The average molecular weight is 258 g/mol. The van der Waals surface area contributed by atoms with Gasteiger partial charge in [0.1, 0.15) is 5.54 Å². The third-order valence-electron chi connectivity index (χ3n) is 3.85. The van der Waals surface area contributed by atoms with E-state index in [2.05, 4.69) is 21.7 Å². The molecule has 1 aromatic heterocycles. The highest BCUT2D eigenvalue weighted by Crippen LogP contribution is 2.32. The smallest absolute Gasteiger partial charge is 0.227 e. The molecule has 5 nitrogen and oxygen atoms in total. The number of nitrogens with zero attached hydrogens (tertiary/aromatic N) is 2. The molecule has 1 fully saturated rings. The molecule has 0 saturated heterocycles. The molecule has 1 amide bonds. The highest BCUT2D eigenvalue weighted by Gasteiger charge is 2.36. The zero-order chi connectivity index (χ0) is 13.7. The summed E-state index contributed by atoms with van der Waals surface area (Å²) in [5, 5.41) is 15.1. The van der Waals surface area contributed by atoms with Gasteiger partial charge in [0.05, 0.1) is 6.07 Å². The number of amides is 1. The van der Waals surface area contributed by atoms with E-state index in [1.807, 2.05) is 0 Å². The predicted molar refractivity (Wildman–Crippen MR) is 72.2 cm³/mol. The molecule has 0 aromatic carbocycles. The molecule has 5 heteroatoms. The zero-order valence-electron chi connectivity index (χ0n) is 11.0. The van der Waals surface area contributed by atoms with Crippen molar-refractivity contribution < 1.29 is 4.79 Å². The van der Waals surface area contributed by atoms with Gasteiger partial charge in [0.25, 0.3) is 0 Å². The van der Waals surface area contributed by atoms with Crippen LogP contribution in [0.5, 0.6) is 0 Å². The summed E-state index contributed by atoms with van der Waals surface area (Å²) in [7, 11) is 1.81. The van der Waals surface area contributed by atoms with Crippen LogP contribution in [0.25, 0.3) is 0 Å². The molecule has 1 aliphatic rings. The van der Waals surface area contributed by atoms with Gasteiger partial charge in [-0.15, -0.1) is 0 Å². The second kappa shape index (κ2) is 5.81. The van der Waals surface area contributed by atoms with Gasteiger partial charge in [-0.25, -0.2) is 0 Å². The minimum absolute atomic E-state index is 0.0111. The van der Waals surface area contributed by atoms with E-state index < -0.39 is 5.54 Å². The second-order valence-electron chi connectivity index (χ2n) is 4.94. The minimum atomic E-state index is -0.451. The zero-order valence-corrected chi connectivity index (χ0v) is 11.0. The molecule has 1 saturated carbocycles. The van der Waals surface area contributed by atoms with E-state index in [4.69, 9.17) is 0 Å². The third kappa shape index (κ3) is 3.09. The summed E-state index contributed by atoms with van der Waals surface area (Å²) in [6.45, 7) is 0. The van der Waals surface area contributed by atoms with Crippen molar-refractivity contribution in [2.75, 3.05) is 12.4 Å². The molecular weight excluding hydrogens is 240 g/mol. The number of hydrogen-bond donors (Lipinski definition) is 2. The molecule has 0 bridgehead atoms. The van der Waals surface area contributed by atoms with Crippen LogP contribution in [0.15, 0.2) is 24.5 Å². The van der Waals surface area contributed by atoms with Crippen LogP contribution < -0.4 is 10.6 Å². The Labute approximate surface area is 113 Å². The lowest BCUT2D eigenvalue weighted by atomic mass is 9.77. The van der Waals surface area contributed by atoms with Gasteiger partial charge >= 0.3 is 0 Å². The lowest BCUT2D eigenvalue weighted by Gasteiger charge is -2.33. The molecular formula is C14H18N4O. The van der Waals surface area contributed by atoms with E-state index in [1.165, 1.54) is 0 Å². The largest absolute Gasteiger partial charge is 0.326 e. The van der Waals surface area contributed by atoms with Gasteiger partial charge in [-0.05, 0) is 44.9 Å². The Kier molecular flexibility index (Phi) is 4.13. The van der Waals surface area contributed by atoms with Crippen LogP contribution in [0.2, 0.25) is 0 Å². The number of carbonyl (C=O) groups excluding carboxylic acids is 1. The molecule has 0 spiro atoms. The van der Waals surface area contributed by atoms with Gasteiger partial charge in [-0.1, -0.05) is 0 Å². The highest BCUT2D eigenvalue weighted by atomic mass is 16.1. The highest BCUT2D eigenvalue weighted by molar-refractivity contribution is 5.92. The fourth-order valence-electron chi connectivity index (χ4n) is 2.47. The Morgan fingerprint density at radius 1 is 1.42 bits per heavy atom. The van der Waals surface area contributed by atoms with E-state index in [0.717, 1.165) is 18.5 Å². The van der Waals surface area contributed by atoms with E-state index in [-0.39, 0.29) is 11.8 Å². The number of rotatable bonds is 3. The molecule has 2 rings (SSSR count). The summed E-state index contributed by atoms with van der Waals surface area (Å²) in [4.78, 5) is 16.0. The van der Waals surface area contributed by atoms with Crippen LogP contribution in [-0.2, 0) is 4.79 Å². The summed E-state index contributed by atoms with van der Waals surface area (Å²) in [6.07, 6.45) is 6.22. The molecule has 0 unspecified atom stereocenters. The fraction of sp³-hybridized carbons (Fsp3) is 0.500. The Bertz CT molecular complexity index is 472. The van der Waals surface area contributed by atoms with E-state index in [0.29, 0.717) is 12.8 Å². The molecule has 0 atom stereocenters. The monoisotopic (exact) mass is 258 g/mol. The first kappa shape index (κ1) is 13.5. The molecule has 1 aromatic rings. The Morgan fingerprint density at radius 2 is 2.05 bits per heavy atom. The van der Waals surface area contributed by atoms with Gasteiger partial charge in [0.2, 0.25) is 5.91 Å². The number of nitrogens with one attached hydrogen (secondary N) is 2. The van der Waals surface area contributed by atoms with Crippen molar-refractivity contribution in [3.05, 3.63) is 24.5 Å². The number of carbonyl (C=O) groups is 1. The molecule has 19 heavy (non-hydrogen) atoms. The predicted octanol–water partition coefficient (Wildman–Crippen LogP) is 1.69. The number of anilines is 1. The third-order valence-corrected chi connectivity index (χ3v) is 3.85. The maximum Gasteiger partial charge on any atom is 0.227 e. The first-order valence-corrected chi connectivity index (χ1v) is 6.50. The van der Waals surface area contributed by atoms with Gasteiger partial charge in [-0.3, -0.25) is 9.78 Å². The second-order valence-corrected chi connectivity index (χ2v) is 4.94. The van der Waals surface area contributed by atoms with Crippen LogP contribution in [0.3, 0.4) is 0 Å². The molecule has 1 heterocycles. The summed E-state index contributed by atoms with van der Waals surface area (Å²) in [5.41, 5.74) is 0.318. The van der Waals surface area contributed by atoms with Crippen molar-refractivity contribution in [1.82, 2.24) is 10.3 Å². The van der Waals surface area contributed by atoms with Crippen molar-refractivity contribution in [3.63, 3.8) is 0 Å². The summed E-state index contributed by atoms with van der Waals surface area (Å²) < 4.78 is 0. The van der Waals surface area contributed by atoms with E-state index >= 15 is 0 Å². The lowest BCUT2D eigenvalue weighted by molar-refractivity contribution is -0.121. The van der Waals surface area contributed by atoms with Gasteiger partial charge < -0.3 is 10.6 Å². The Morgan fingerprint density at radius 3 is 2.58 bits per heavy atom. The normalized spacial score (nSPS) is 26.4. The average Bonchev–Trinajstić information content (AvgIpc) is 2.48. The minimum Gasteiger partial charge on any atom is -0.326 e. The van der Waals surface area contributed by atoms with Gasteiger partial charge in [0, 0.05) is 24.0 Å². The van der Waals surface area contributed by atoms with E-state index in [9.17, 15) is 10.1 Å². The lowest BCUT2D eigenvalue weighted by Crippen LogP contribution is -2.46. The molecule has 0 aliphatic heterocycles. The number of aromatic nitrogens is 1. The fourth-order valence-corrected chi connectivity index (χ4v) is 2.47. The first-order valence-electron chi connectivity index (χ1n) is 6.50. The van der Waals surface area contributed by atoms with Crippen molar-refractivity contribution >= 4 is 11.6 Å². The number of nitriles is 1. The molecule has 0 radical (unpaired) electrons. The first-order chi connectivity index (χ1) is 9.19. The van der Waals surface area contributed by atoms with E-state index in [1.54, 1.807) is 31.6 Å². The van der Waals surface area contributed by atoms with Crippen LogP contribution in [0.4, 0.5) is 5.69 Å². The van der Waals surface area contributed by atoms with Crippen LogP contribution in [0, 0.1) is 17.2 Å². The molecule has 1 aliphatic carbocycles. The number of pyridine rings is 1. The van der Waals surface area contributed by atoms with Crippen LogP contribution >= 0.6 is 0 Å². The topological polar surface area (TPSA) is 77.8 Å². The maximum atomic E-state index is 12.1.